The number of likely N-dealkylation sites (tertiary alicyclic amines) is 1. The van der Waals surface area contributed by atoms with E-state index in [-0.39, 0.29) is 18.1 Å². The predicted molar refractivity (Wildman–Crippen MR) is 106 cm³/mol. The van der Waals surface area contributed by atoms with Crippen LogP contribution in [0.1, 0.15) is 64.5 Å². The Labute approximate surface area is 166 Å². The first kappa shape index (κ1) is 23.2. The number of halogens is 3. The van der Waals surface area contributed by atoms with Gasteiger partial charge in [0.25, 0.3) is 0 Å². The van der Waals surface area contributed by atoms with Crippen LogP contribution in [0.4, 0.5) is 13.2 Å². The number of rotatable bonds is 2. The molecule has 3 N–H and O–H groups in total. The molecule has 0 aliphatic carbocycles. The highest BCUT2D eigenvalue weighted by Gasteiger charge is 2.52. The smallest absolute Gasteiger partial charge is 0.399 e. The van der Waals surface area contributed by atoms with Crippen LogP contribution in [0.3, 0.4) is 0 Å². The highest BCUT2D eigenvalue weighted by Crippen LogP contribution is 2.41. The van der Waals surface area contributed by atoms with E-state index in [0.29, 0.717) is 11.0 Å². The van der Waals surface area contributed by atoms with Gasteiger partial charge in [0, 0.05) is 6.04 Å². The van der Waals surface area contributed by atoms with E-state index in [1.807, 2.05) is 34.7 Å². The van der Waals surface area contributed by atoms with Gasteiger partial charge in [0.1, 0.15) is 0 Å². The lowest BCUT2D eigenvalue weighted by Crippen LogP contribution is -2.41. The van der Waals surface area contributed by atoms with Crippen molar-refractivity contribution in [2.45, 2.75) is 76.8 Å². The van der Waals surface area contributed by atoms with Crippen LogP contribution in [0, 0.1) is 0 Å². The van der Waals surface area contributed by atoms with Crippen molar-refractivity contribution in [3.63, 3.8) is 0 Å². The van der Waals surface area contributed by atoms with E-state index in [1.54, 1.807) is 12.1 Å². The molecule has 3 rings (SSSR count). The zero-order valence-electron chi connectivity index (χ0n) is 17.7. The van der Waals surface area contributed by atoms with E-state index in [1.165, 1.54) is 6.07 Å². The summed E-state index contributed by atoms with van der Waals surface area (Å²) in [5, 5.41) is 0. The van der Waals surface area contributed by atoms with E-state index in [0.717, 1.165) is 19.4 Å². The van der Waals surface area contributed by atoms with Gasteiger partial charge < -0.3 is 20.4 Å². The fourth-order valence-corrected chi connectivity index (χ4v) is 3.87. The van der Waals surface area contributed by atoms with Crippen molar-refractivity contribution in [2.75, 3.05) is 13.6 Å². The summed E-state index contributed by atoms with van der Waals surface area (Å²) >= 11 is 0. The average Bonchev–Trinajstić information content (AvgIpc) is 2.77. The molecule has 2 aliphatic rings. The van der Waals surface area contributed by atoms with E-state index >= 15 is 0 Å². The first-order valence-electron chi connectivity index (χ1n) is 9.59. The average molecular weight is 400 g/mol. The van der Waals surface area contributed by atoms with Gasteiger partial charge in [-0.25, -0.2) is 0 Å². The number of hydrogen-bond acceptors (Lipinski definition) is 4. The standard InChI is InChI=1S/C20H29BF3NO2.H3N/c1-13-11-14(9-10-25(13)6)16-8-7-15(12-17(16)20(22,23)24)21-26-18(2,3)19(4,5)27-21;/h7-8,12-14H,9-11H2,1-6H3;1H3. The fourth-order valence-electron chi connectivity index (χ4n) is 3.87. The third-order valence-electron chi connectivity index (χ3n) is 6.56. The van der Waals surface area contributed by atoms with Crippen LogP contribution in [0.5, 0.6) is 0 Å². The first-order chi connectivity index (χ1) is 12.3. The maximum Gasteiger partial charge on any atom is 0.494 e. The molecule has 0 radical (unpaired) electrons. The first-order valence-corrected chi connectivity index (χ1v) is 9.59. The van der Waals surface area contributed by atoms with Crippen LogP contribution in [0.25, 0.3) is 0 Å². The van der Waals surface area contributed by atoms with Crippen molar-refractivity contribution in [3.8, 4) is 0 Å². The fraction of sp³-hybridized carbons (Fsp3) is 0.700. The van der Waals surface area contributed by atoms with Crippen LogP contribution in [-0.4, -0.2) is 42.9 Å². The lowest BCUT2D eigenvalue weighted by molar-refractivity contribution is -0.138. The molecule has 4 nitrogen and oxygen atoms in total. The molecule has 0 spiro atoms. The lowest BCUT2D eigenvalue weighted by Gasteiger charge is -2.36. The van der Waals surface area contributed by atoms with Gasteiger partial charge in [-0.2, -0.15) is 13.2 Å². The van der Waals surface area contributed by atoms with Gasteiger partial charge in [-0.1, -0.05) is 12.1 Å². The van der Waals surface area contributed by atoms with Crippen LogP contribution in [-0.2, 0) is 15.5 Å². The van der Waals surface area contributed by atoms with Gasteiger partial charge in [0.05, 0.1) is 16.8 Å². The summed E-state index contributed by atoms with van der Waals surface area (Å²) in [7, 11) is 1.23. The minimum Gasteiger partial charge on any atom is -0.399 e. The summed E-state index contributed by atoms with van der Waals surface area (Å²) < 4.78 is 53.4. The largest absolute Gasteiger partial charge is 0.494 e. The Morgan fingerprint density at radius 2 is 1.68 bits per heavy atom. The zero-order valence-corrected chi connectivity index (χ0v) is 17.7. The third kappa shape index (κ3) is 4.25. The van der Waals surface area contributed by atoms with Gasteiger partial charge in [0.2, 0.25) is 0 Å². The molecule has 8 heteroatoms. The minimum absolute atomic E-state index is 0. The maximum atomic E-state index is 13.9. The van der Waals surface area contributed by atoms with Crippen molar-refractivity contribution in [3.05, 3.63) is 29.3 Å². The second-order valence-electron chi connectivity index (χ2n) is 8.98. The predicted octanol–water partition coefficient (Wildman–Crippen LogP) is 4.36. The van der Waals surface area contributed by atoms with Gasteiger partial charge in [-0.05, 0) is 84.1 Å². The van der Waals surface area contributed by atoms with Gasteiger partial charge in [-0.15, -0.1) is 0 Å². The number of alkyl halides is 3. The summed E-state index contributed by atoms with van der Waals surface area (Å²) in [6, 6.07) is 4.86. The summed E-state index contributed by atoms with van der Waals surface area (Å²) in [6.07, 6.45) is -2.93. The molecule has 0 bridgehead atoms. The van der Waals surface area contributed by atoms with Gasteiger partial charge in [-0.3, -0.25) is 0 Å². The van der Waals surface area contributed by atoms with Crippen LogP contribution >= 0.6 is 0 Å². The van der Waals surface area contributed by atoms with E-state index in [9.17, 15) is 13.2 Å². The SMILES string of the molecule is CC1CC(c2ccc(B3OC(C)(C)C(C)(C)O3)cc2C(F)(F)F)CCN1C.N. The van der Waals surface area contributed by atoms with Crippen molar-refractivity contribution < 1.29 is 22.5 Å². The Balaban J connectivity index is 0.00000280. The number of hydrogen-bond donors (Lipinski definition) is 1. The van der Waals surface area contributed by atoms with Gasteiger partial charge >= 0.3 is 13.3 Å². The van der Waals surface area contributed by atoms with Crippen LogP contribution in [0.2, 0.25) is 0 Å². The molecule has 0 saturated carbocycles. The summed E-state index contributed by atoms with van der Waals surface area (Å²) in [5.41, 5.74) is -0.916. The number of benzene rings is 1. The van der Waals surface area contributed by atoms with Crippen molar-refractivity contribution in [1.82, 2.24) is 11.1 Å². The topological polar surface area (TPSA) is 56.7 Å². The highest BCUT2D eigenvalue weighted by molar-refractivity contribution is 6.62. The highest BCUT2D eigenvalue weighted by atomic mass is 19.4. The van der Waals surface area contributed by atoms with E-state index in [4.69, 9.17) is 9.31 Å². The monoisotopic (exact) mass is 400 g/mol. The molecule has 2 saturated heterocycles. The molecule has 158 valence electrons. The Morgan fingerprint density at radius 3 is 2.18 bits per heavy atom. The van der Waals surface area contributed by atoms with E-state index in [2.05, 4.69) is 11.8 Å². The number of nitrogens with zero attached hydrogens (tertiary/aromatic N) is 1. The quantitative estimate of drug-likeness (QED) is 0.750. The molecule has 2 aliphatic heterocycles. The summed E-state index contributed by atoms with van der Waals surface area (Å²) in [5.74, 6) is -0.0832. The molecule has 2 atom stereocenters. The Kier molecular flexibility index (Phi) is 6.32. The molecule has 1 aromatic carbocycles. The van der Waals surface area contributed by atoms with Gasteiger partial charge in [0.15, 0.2) is 0 Å². The molecular weight excluding hydrogens is 368 g/mol. The van der Waals surface area contributed by atoms with Crippen LogP contribution < -0.4 is 11.6 Å². The Hall–Kier alpha value is -1.09. The molecule has 0 aromatic heterocycles. The van der Waals surface area contributed by atoms with Crippen LogP contribution in [0.15, 0.2) is 18.2 Å². The molecule has 28 heavy (non-hydrogen) atoms. The van der Waals surface area contributed by atoms with Crippen molar-refractivity contribution in [1.29, 1.82) is 0 Å². The van der Waals surface area contributed by atoms with Crippen molar-refractivity contribution >= 4 is 12.6 Å². The molecule has 2 fully saturated rings. The maximum absolute atomic E-state index is 13.9. The molecule has 2 unspecified atom stereocenters. The Morgan fingerprint density at radius 1 is 1.11 bits per heavy atom. The lowest BCUT2D eigenvalue weighted by atomic mass is 9.75. The minimum atomic E-state index is -4.40. The molecule has 2 heterocycles. The molecule has 1 aromatic rings. The Bertz CT molecular complexity index is 693. The molecular formula is C20H32BF3N2O2. The van der Waals surface area contributed by atoms with E-state index < -0.39 is 30.1 Å². The number of piperidine rings is 1. The third-order valence-corrected chi connectivity index (χ3v) is 6.56. The molecule has 0 amide bonds. The van der Waals surface area contributed by atoms with Crippen molar-refractivity contribution in [2.24, 2.45) is 0 Å². The zero-order chi connectivity index (χ0) is 20.2. The summed E-state index contributed by atoms with van der Waals surface area (Å²) in [6.45, 7) is 10.5. The normalized spacial score (nSPS) is 27.5. The second kappa shape index (κ2) is 7.63. The summed E-state index contributed by atoms with van der Waals surface area (Å²) in [4.78, 5) is 2.20. The second-order valence-corrected chi connectivity index (χ2v) is 8.98.